The molecule has 3 aliphatic rings. The van der Waals surface area contributed by atoms with Crippen LogP contribution in [0.15, 0.2) is 0 Å². The van der Waals surface area contributed by atoms with E-state index in [4.69, 9.17) is 0 Å². The minimum Gasteiger partial charge on any atom is -0.0651 e. The molecule has 92 valence electrons. The number of rotatable bonds is 4. The summed E-state index contributed by atoms with van der Waals surface area (Å²) < 4.78 is 0. The van der Waals surface area contributed by atoms with E-state index in [0.717, 1.165) is 46.3 Å². The van der Waals surface area contributed by atoms with Gasteiger partial charge in [-0.3, -0.25) is 0 Å². The number of hydrogen-bond acceptors (Lipinski definition) is 0. The summed E-state index contributed by atoms with van der Waals surface area (Å²) >= 11 is 0. The first-order valence-corrected chi connectivity index (χ1v) is 7.49. The van der Waals surface area contributed by atoms with Crippen molar-refractivity contribution in [3.05, 3.63) is 0 Å². The Labute approximate surface area is 101 Å². The number of fused-ring (bicyclic) bond motifs is 1. The van der Waals surface area contributed by atoms with E-state index in [-0.39, 0.29) is 0 Å². The van der Waals surface area contributed by atoms with E-state index in [1.807, 2.05) is 0 Å². The second-order valence-electron chi connectivity index (χ2n) is 7.24. The fraction of sp³-hybridized carbons (Fsp3) is 1.00. The zero-order valence-corrected chi connectivity index (χ0v) is 11.9. The molecule has 0 spiro atoms. The summed E-state index contributed by atoms with van der Waals surface area (Å²) in [4.78, 5) is 0. The van der Waals surface area contributed by atoms with Gasteiger partial charge in [-0.1, -0.05) is 54.4 Å². The van der Waals surface area contributed by atoms with Gasteiger partial charge in [0.05, 0.1) is 0 Å². The first-order valence-electron chi connectivity index (χ1n) is 7.49. The van der Waals surface area contributed by atoms with Crippen LogP contribution in [0.1, 0.15) is 54.4 Å². The zero-order valence-electron chi connectivity index (χ0n) is 11.9. The van der Waals surface area contributed by atoms with E-state index in [1.165, 1.54) is 12.8 Å². The summed E-state index contributed by atoms with van der Waals surface area (Å²) in [7, 11) is 0. The largest absolute Gasteiger partial charge is 0.0651 e. The molecule has 3 saturated carbocycles. The predicted octanol–water partition coefficient (Wildman–Crippen LogP) is 4.60. The van der Waals surface area contributed by atoms with Gasteiger partial charge in [-0.2, -0.15) is 0 Å². The smallest absolute Gasteiger partial charge is 0.0153 e. The number of hydrogen-bond donors (Lipinski definition) is 0. The molecule has 3 rings (SSSR count). The molecule has 0 aromatic heterocycles. The van der Waals surface area contributed by atoms with Crippen LogP contribution in [0.3, 0.4) is 0 Å². The zero-order chi connectivity index (χ0) is 11.9. The maximum atomic E-state index is 2.63. The Morgan fingerprint density at radius 3 is 2.00 bits per heavy atom. The van der Waals surface area contributed by atoms with Crippen molar-refractivity contribution in [2.75, 3.05) is 0 Å². The SMILES string of the molecule is CCC(C)C1(C2(C)C3C(C)C32)C(C)C1CC. The molecule has 0 N–H and O–H groups in total. The van der Waals surface area contributed by atoms with Gasteiger partial charge >= 0.3 is 0 Å². The quantitative estimate of drug-likeness (QED) is 0.649. The molecule has 0 amide bonds. The topological polar surface area (TPSA) is 0 Å². The summed E-state index contributed by atoms with van der Waals surface area (Å²) in [5.74, 6) is 6.26. The summed E-state index contributed by atoms with van der Waals surface area (Å²) in [5, 5.41) is 0. The average molecular weight is 220 g/mol. The monoisotopic (exact) mass is 220 g/mol. The molecular formula is C16H28. The molecule has 0 heterocycles. The maximum absolute atomic E-state index is 2.63. The molecule has 3 aliphatic carbocycles. The summed E-state index contributed by atoms with van der Waals surface area (Å²) in [6.45, 7) is 15.0. The molecule has 0 aromatic carbocycles. The Hall–Kier alpha value is 0. The van der Waals surface area contributed by atoms with Crippen molar-refractivity contribution < 1.29 is 0 Å². The van der Waals surface area contributed by atoms with Gasteiger partial charge < -0.3 is 0 Å². The van der Waals surface area contributed by atoms with E-state index < -0.39 is 0 Å². The molecule has 6 unspecified atom stereocenters. The van der Waals surface area contributed by atoms with Gasteiger partial charge in [-0.15, -0.1) is 0 Å². The molecule has 0 aromatic rings. The van der Waals surface area contributed by atoms with Crippen LogP contribution in [-0.4, -0.2) is 0 Å². The highest BCUT2D eigenvalue weighted by molar-refractivity contribution is 5.37. The van der Waals surface area contributed by atoms with Crippen LogP contribution in [0.25, 0.3) is 0 Å². The minimum atomic E-state index is 0.734. The molecule has 0 nitrogen and oxygen atoms in total. The molecule has 0 radical (unpaired) electrons. The normalized spacial score (nSPS) is 63.8. The van der Waals surface area contributed by atoms with E-state index in [0.29, 0.717) is 0 Å². The van der Waals surface area contributed by atoms with Gasteiger partial charge in [-0.25, -0.2) is 0 Å². The maximum Gasteiger partial charge on any atom is -0.0153 e. The lowest BCUT2D eigenvalue weighted by atomic mass is 9.66. The van der Waals surface area contributed by atoms with Gasteiger partial charge in [0, 0.05) is 0 Å². The third kappa shape index (κ3) is 0.842. The summed E-state index contributed by atoms with van der Waals surface area (Å²) in [5.41, 5.74) is 1.49. The highest BCUT2D eigenvalue weighted by Gasteiger charge is 2.90. The van der Waals surface area contributed by atoms with Crippen molar-refractivity contribution in [3.63, 3.8) is 0 Å². The highest BCUT2D eigenvalue weighted by atomic mass is 14.9. The molecule has 16 heavy (non-hydrogen) atoms. The van der Waals surface area contributed by atoms with Crippen LogP contribution in [0.2, 0.25) is 0 Å². The van der Waals surface area contributed by atoms with E-state index in [9.17, 15) is 0 Å². The van der Waals surface area contributed by atoms with E-state index >= 15 is 0 Å². The Balaban J connectivity index is 1.89. The highest BCUT2D eigenvalue weighted by Crippen LogP contribution is 2.94. The summed E-state index contributed by atoms with van der Waals surface area (Å²) in [6.07, 6.45) is 2.79. The molecule has 0 heteroatoms. The summed E-state index contributed by atoms with van der Waals surface area (Å²) in [6, 6.07) is 0. The van der Waals surface area contributed by atoms with Crippen molar-refractivity contribution in [1.82, 2.24) is 0 Å². The fourth-order valence-electron chi connectivity index (χ4n) is 6.54. The first kappa shape index (κ1) is 11.1. The van der Waals surface area contributed by atoms with Crippen LogP contribution >= 0.6 is 0 Å². The molecular weight excluding hydrogens is 192 g/mol. The van der Waals surface area contributed by atoms with Crippen LogP contribution in [0.4, 0.5) is 0 Å². The van der Waals surface area contributed by atoms with Gasteiger partial charge in [0.2, 0.25) is 0 Å². The van der Waals surface area contributed by atoms with E-state index in [2.05, 4.69) is 41.5 Å². The molecule has 3 fully saturated rings. The Bertz CT molecular complexity index is 300. The predicted molar refractivity (Wildman–Crippen MR) is 69.1 cm³/mol. The van der Waals surface area contributed by atoms with Crippen molar-refractivity contribution >= 4 is 0 Å². The lowest BCUT2D eigenvalue weighted by Gasteiger charge is -2.38. The van der Waals surface area contributed by atoms with Crippen molar-refractivity contribution in [2.24, 2.45) is 46.3 Å². The Morgan fingerprint density at radius 1 is 1.12 bits per heavy atom. The molecule has 0 bridgehead atoms. The van der Waals surface area contributed by atoms with E-state index in [1.54, 1.807) is 0 Å². The van der Waals surface area contributed by atoms with Crippen LogP contribution in [0, 0.1) is 46.3 Å². The lowest BCUT2D eigenvalue weighted by molar-refractivity contribution is 0.0933. The lowest BCUT2D eigenvalue weighted by Crippen LogP contribution is -2.33. The second-order valence-corrected chi connectivity index (χ2v) is 7.24. The third-order valence-electron chi connectivity index (χ3n) is 7.32. The minimum absolute atomic E-state index is 0.734. The first-order chi connectivity index (χ1) is 7.49. The molecule has 0 aliphatic heterocycles. The van der Waals surface area contributed by atoms with Crippen LogP contribution < -0.4 is 0 Å². The van der Waals surface area contributed by atoms with Gasteiger partial charge in [0.25, 0.3) is 0 Å². The van der Waals surface area contributed by atoms with Gasteiger partial charge in [0.15, 0.2) is 0 Å². The van der Waals surface area contributed by atoms with Gasteiger partial charge in [0.1, 0.15) is 0 Å². The molecule has 0 saturated heterocycles. The standard InChI is InChI=1S/C16H28/c1-7-9(3)16(11(5)12(16)8-2)15(6)13-10(4)14(13)15/h9-14H,7-8H2,1-6H3. The van der Waals surface area contributed by atoms with Crippen LogP contribution in [-0.2, 0) is 0 Å². The fourth-order valence-corrected chi connectivity index (χ4v) is 6.54. The van der Waals surface area contributed by atoms with Crippen molar-refractivity contribution in [3.8, 4) is 0 Å². The Kier molecular flexibility index (Phi) is 1.99. The van der Waals surface area contributed by atoms with Crippen molar-refractivity contribution in [2.45, 2.75) is 54.4 Å². The third-order valence-corrected chi connectivity index (χ3v) is 7.32. The van der Waals surface area contributed by atoms with Crippen LogP contribution in [0.5, 0.6) is 0 Å². The second kappa shape index (κ2) is 2.87. The molecule has 6 atom stereocenters. The Morgan fingerprint density at radius 2 is 1.69 bits per heavy atom. The van der Waals surface area contributed by atoms with Crippen molar-refractivity contribution in [1.29, 1.82) is 0 Å². The average Bonchev–Trinajstić information content (AvgIpc) is 3.18. The van der Waals surface area contributed by atoms with Gasteiger partial charge in [-0.05, 0) is 46.3 Å².